The predicted molar refractivity (Wildman–Crippen MR) is 121 cm³/mol. The minimum absolute atomic E-state index is 0.0240. The molecule has 0 saturated heterocycles. The van der Waals surface area contributed by atoms with Crippen molar-refractivity contribution in [2.45, 2.75) is 38.5 Å². The SMILES string of the molecule is C/C=C/OC/C(F)=C(\F)c1ccc(C2CCC(/C(F)=C(\F)c3cc(F)c(C#N)c(F)c3)CC2)cc1. The molecule has 0 aromatic heterocycles. The zero-order valence-corrected chi connectivity index (χ0v) is 18.9. The molecule has 1 saturated carbocycles. The second kappa shape index (κ2) is 11.8. The van der Waals surface area contributed by atoms with Crippen molar-refractivity contribution in [1.29, 1.82) is 5.26 Å². The Labute approximate surface area is 199 Å². The van der Waals surface area contributed by atoms with E-state index >= 15 is 0 Å². The largest absolute Gasteiger partial charge is 0.494 e. The van der Waals surface area contributed by atoms with Crippen molar-refractivity contribution in [3.8, 4) is 6.07 Å². The quantitative estimate of drug-likeness (QED) is 0.287. The van der Waals surface area contributed by atoms with Crippen molar-refractivity contribution < 1.29 is 31.1 Å². The van der Waals surface area contributed by atoms with Crippen LogP contribution in [0.15, 0.2) is 60.4 Å². The van der Waals surface area contributed by atoms with Crippen LogP contribution in [-0.4, -0.2) is 6.61 Å². The van der Waals surface area contributed by atoms with Gasteiger partial charge in [-0.3, -0.25) is 0 Å². The van der Waals surface area contributed by atoms with Gasteiger partial charge < -0.3 is 4.74 Å². The number of halogens is 6. The highest BCUT2D eigenvalue weighted by atomic mass is 19.2. The molecule has 0 spiro atoms. The van der Waals surface area contributed by atoms with E-state index < -0.39 is 58.6 Å². The maximum absolute atomic E-state index is 14.8. The minimum atomic E-state index is -1.34. The fourth-order valence-corrected chi connectivity index (χ4v) is 4.14. The van der Waals surface area contributed by atoms with Gasteiger partial charge in [0, 0.05) is 17.0 Å². The van der Waals surface area contributed by atoms with Gasteiger partial charge in [0.2, 0.25) is 0 Å². The Hall–Kier alpha value is -3.47. The fraction of sp³-hybridized carbons (Fsp3) is 0.296. The maximum Gasteiger partial charge on any atom is 0.173 e. The topological polar surface area (TPSA) is 33.0 Å². The van der Waals surface area contributed by atoms with Gasteiger partial charge in [0.15, 0.2) is 17.5 Å². The Bertz CT molecular complexity index is 1160. The number of hydrogen-bond acceptors (Lipinski definition) is 2. The lowest BCUT2D eigenvalue weighted by Crippen LogP contribution is -2.14. The molecule has 0 heterocycles. The van der Waals surface area contributed by atoms with E-state index in [1.54, 1.807) is 25.1 Å². The van der Waals surface area contributed by atoms with Crippen LogP contribution in [-0.2, 0) is 4.74 Å². The summed E-state index contributed by atoms with van der Waals surface area (Å²) in [5.41, 5.74) is -0.505. The van der Waals surface area contributed by atoms with E-state index in [-0.39, 0.29) is 11.5 Å². The van der Waals surface area contributed by atoms with Crippen molar-refractivity contribution in [1.82, 2.24) is 0 Å². The van der Waals surface area contributed by atoms with Gasteiger partial charge >= 0.3 is 0 Å². The molecule has 2 aromatic carbocycles. The number of allylic oxidation sites excluding steroid dienone is 2. The summed E-state index contributed by atoms with van der Waals surface area (Å²) in [4.78, 5) is 0. The molecule has 0 N–H and O–H groups in total. The van der Waals surface area contributed by atoms with Crippen LogP contribution in [0.25, 0.3) is 11.7 Å². The molecule has 184 valence electrons. The zero-order valence-electron chi connectivity index (χ0n) is 18.9. The van der Waals surface area contributed by atoms with Crippen LogP contribution in [0.1, 0.15) is 60.8 Å². The fourth-order valence-electron chi connectivity index (χ4n) is 4.14. The normalized spacial score (nSPS) is 19.7. The summed E-state index contributed by atoms with van der Waals surface area (Å²) in [6, 6.07) is 8.81. The Morgan fingerprint density at radius 2 is 1.54 bits per heavy atom. The average molecular weight is 491 g/mol. The summed E-state index contributed by atoms with van der Waals surface area (Å²) in [6.45, 7) is 1.17. The maximum atomic E-state index is 14.8. The van der Waals surface area contributed by atoms with Crippen molar-refractivity contribution in [3.05, 3.63) is 94.3 Å². The molecule has 2 nitrogen and oxygen atoms in total. The van der Waals surface area contributed by atoms with Crippen LogP contribution in [0.2, 0.25) is 0 Å². The smallest absolute Gasteiger partial charge is 0.173 e. The molecule has 0 amide bonds. The number of nitriles is 1. The number of hydrogen-bond donors (Lipinski definition) is 0. The van der Waals surface area contributed by atoms with E-state index in [4.69, 9.17) is 10.00 Å². The third kappa shape index (κ3) is 6.16. The van der Waals surface area contributed by atoms with Crippen LogP contribution in [0.5, 0.6) is 0 Å². The van der Waals surface area contributed by atoms with Crippen molar-refractivity contribution >= 4 is 11.7 Å². The van der Waals surface area contributed by atoms with Gasteiger partial charge in [0.1, 0.15) is 35.7 Å². The first-order chi connectivity index (χ1) is 16.8. The van der Waals surface area contributed by atoms with Crippen LogP contribution in [0.3, 0.4) is 0 Å². The van der Waals surface area contributed by atoms with Crippen LogP contribution < -0.4 is 0 Å². The molecule has 1 aliphatic rings. The van der Waals surface area contributed by atoms with Crippen molar-refractivity contribution in [2.24, 2.45) is 5.92 Å². The van der Waals surface area contributed by atoms with E-state index in [1.807, 2.05) is 0 Å². The lowest BCUT2D eigenvalue weighted by Gasteiger charge is -2.28. The van der Waals surface area contributed by atoms with E-state index in [2.05, 4.69) is 0 Å². The highest BCUT2D eigenvalue weighted by Crippen LogP contribution is 2.42. The van der Waals surface area contributed by atoms with Crippen LogP contribution in [0, 0.1) is 28.9 Å². The summed E-state index contributed by atoms with van der Waals surface area (Å²) in [7, 11) is 0. The molecule has 35 heavy (non-hydrogen) atoms. The first-order valence-electron chi connectivity index (χ1n) is 11.1. The molecule has 3 rings (SSSR count). The molecular weight excluding hydrogens is 468 g/mol. The third-order valence-electron chi connectivity index (χ3n) is 6.02. The molecule has 0 atom stereocenters. The second-order valence-corrected chi connectivity index (χ2v) is 8.26. The standard InChI is InChI=1S/C27H23F6NO/c1-2-11-35-15-24(30)25(31)18-7-3-16(4-8-18)17-5-9-19(10-6-17)26(32)27(33)20-12-22(28)21(14-34)23(29)13-20/h2-4,7-8,11-13,17,19H,5-6,9-10,15H2,1H3/b11-2+,25-24+,27-26+. The molecule has 2 aromatic rings. The molecule has 1 fully saturated rings. The third-order valence-corrected chi connectivity index (χ3v) is 6.02. The minimum Gasteiger partial charge on any atom is -0.494 e. The molecule has 8 heteroatoms. The van der Waals surface area contributed by atoms with Crippen LogP contribution >= 0.6 is 0 Å². The van der Waals surface area contributed by atoms with Crippen molar-refractivity contribution in [2.75, 3.05) is 6.61 Å². The first-order valence-corrected chi connectivity index (χ1v) is 11.1. The molecule has 0 unspecified atom stereocenters. The Kier molecular flexibility index (Phi) is 8.80. The van der Waals surface area contributed by atoms with Crippen LogP contribution in [0.4, 0.5) is 26.3 Å². The lowest BCUT2D eigenvalue weighted by molar-refractivity contribution is 0.254. The van der Waals surface area contributed by atoms with Gasteiger partial charge in [-0.15, -0.1) is 0 Å². The van der Waals surface area contributed by atoms with Gasteiger partial charge in [-0.1, -0.05) is 30.3 Å². The van der Waals surface area contributed by atoms with Gasteiger partial charge in [-0.2, -0.15) is 5.26 Å². The highest BCUT2D eigenvalue weighted by Gasteiger charge is 2.28. The summed E-state index contributed by atoms with van der Waals surface area (Å²) >= 11 is 0. The van der Waals surface area contributed by atoms with Gasteiger partial charge in [0.25, 0.3) is 0 Å². The Morgan fingerprint density at radius 3 is 2.09 bits per heavy atom. The van der Waals surface area contributed by atoms with Gasteiger partial charge in [-0.25, -0.2) is 26.3 Å². The Balaban J connectivity index is 1.66. The monoisotopic (exact) mass is 491 g/mol. The number of rotatable bonds is 7. The molecule has 0 aliphatic heterocycles. The summed E-state index contributed by atoms with van der Waals surface area (Å²) in [5, 5.41) is 8.71. The van der Waals surface area contributed by atoms with E-state index in [9.17, 15) is 26.3 Å². The Morgan fingerprint density at radius 1 is 0.943 bits per heavy atom. The predicted octanol–water partition coefficient (Wildman–Crippen LogP) is 8.58. The molecule has 0 bridgehead atoms. The average Bonchev–Trinajstić information content (AvgIpc) is 2.87. The van der Waals surface area contributed by atoms with Gasteiger partial charge in [0.05, 0.1) is 6.26 Å². The summed E-state index contributed by atoms with van der Waals surface area (Å²) in [6.07, 6.45) is 4.46. The molecule has 0 radical (unpaired) electrons. The molecular formula is C27H23F6NO. The lowest BCUT2D eigenvalue weighted by atomic mass is 9.78. The first kappa shape index (κ1) is 26.1. The van der Waals surface area contributed by atoms with E-state index in [0.717, 1.165) is 5.56 Å². The van der Waals surface area contributed by atoms with E-state index in [0.29, 0.717) is 37.8 Å². The number of nitrogens with zero attached hydrogens (tertiary/aromatic N) is 1. The number of ether oxygens (including phenoxy) is 1. The zero-order chi connectivity index (χ0) is 25.5. The van der Waals surface area contributed by atoms with Gasteiger partial charge in [-0.05, 0) is 56.2 Å². The second-order valence-electron chi connectivity index (χ2n) is 8.26. The van der Waals surface area contributed by atoms with E-state index in [1.165, 1.54) is 24.5 Å². The summed E-state index contributed by atoms with van der Waals surface area (Å²) in [5.74, 6) is -7.70. The van der Waals surface area contributed by atoms with Crippen molar-refractivity contribution in [3.63, 3.8) is 0 Å². The summed E-state index contributed by atoms with van der Waals surface area (Å²) < 4.78 is 89.9. The number of benzene rings is 2. The highest BCUT2D eigenvalue weighted by molar-refractivity contribution is 5.63. The molecule has 1 aliphatic carbocycles.